The molecule has 2 aromatic rings. The Morgan fingerprint density at radius 1 is 1.07 bits per heavy atom. The lowest BCUT2D eigenvalue weighted by Crippen LogP contribution is -2.52. The molecular weight excluding hydrogens is 364 g/mol. The first-order valence-corrected chi connectivity index (χ1v) is 10.4. The molecule has 7 heteroatoms. The van der Waals surface area contributed by atoms with Gasteiger partial charge in [0.1, 0.15) is 5.75 Å². The van der Waals surface area contributed by atoms with Crippen LogP contribution in [0, 0.1) is 5.92 Å². The molecule has 1 aliphatic rings. The van der Waals surface area contributed by atoms with E-state index < -0.39 is 16.1 Å². The van der Waals surface area contributed by atoms with Crippen molar-refractivity contribution in [2.75, 3.05) is 10.8 Å². The van der Waals surface area contributed by atoms with Gasteiger partial charge in [-0.1, -0.05) is 44.2 Å². The Balaban J connectivity index is 1.95. The number of hydrogen-bond donors (Lipinski definition) is 1. The summed E-state index contributed by atoms with van der Waals surface area (Å²) in [6, 6.07) is 15.0. The number of nitrogens with one attached hydrogen (secondary N) is 1. The molecule has 0 saturated carbocycles. The number of benzene rings is 2. The van der Waals surface area contributed by atoms with Gasteiger partial charge in [0.2, 0.25) is 0 Å². The van der Waals surface area contributed by atoms with Gasteiger partial charge in [0, 0.05) is 6.04 Å². The van der Waals surface area contributed by atoms with E-state index in [0.29, 0.717) is 11.4 Å². The molecule has 27 heavy (non-hydrogen) atoms. The fraction of sp³-hybridized carbons (Fsp3) is 0.350. The number of amides is 1. The van der Waals surface area contributed by atoms with Gasteiger partial charge in [0.15, 0.2) is 6.10 Å². The van der Waals surface area contributed by atoms with Gasteiger partial charge in [-0.2, -0.15) is 0 Å². The normalized spacial score (nSPS) is 17.8. The molecule has 0 spiro atoms. The molecule has 0 aromatic heterocycles. The number of carbonyl (C=O) groups excluding carboxylic acids is 1. The van der Waals surface area contributed by atoms with E-state index in [-0.39, 0.29) is 29.3 Å². The van der Waals surface area contributed by atoms with Crippen LogP contribution in [0.3, 0.4) is 0 Å². The van der Waals surface area contributed by atoms with Crippen LogP contribution in [0.4, 0.5) is 5.69 Å². The molecule has 2 atom stereocenters. The third-order valence-corrected chi connectivity index (χ3v) is 6.52. The van der Waals surface area contributed by atoms with Gasteiger partial charge in [-0.05, 0) is 37.1 Å². The van der Waals surface area contributed by atoms with Crippen molar-refractivity contribution in [3.8, 4) is 5.75 Å². The molecule has 0 unspecified atom stereocenters. The molecule has 1 heterocycles. The van der Waals surface area contributed by atoms with E-state index in [4.69, 9.17) is 4.74 Å². The summed E-state index contributed by atoms with van der Waals surface area (Å²) in [6.07, 6.45) is -0.917. The fourth-order valence-electron chi connectivity index (χ4n) is 2.77. The Labute approximate surface area is 160 Å². The van der Waals surface area contributed by atoms with Gasteiger partial charge in [-0.3, -0.25) is 9.10 Å². The maximum Gasteiger partial charge on any atom is 0.264 e. The zero-order valence-electron chi connectivity index (χ0n) is 15.6. The number of rotatable bonds is 5. The van der Waals surface area contributed by atoms with Crippen LogP contribution >= 0.6 is 0 Å². The molecule has 0 radical (unpaired) electrons. The number of hydrogen-bond acceptors (Lipinski definition) is 4. The van der Waals surface area contributed by atoms with Gasteiger partial charge in [0.25, 0.3) is 15.9 Å². The zero-order chi connectivity index (χ0) is 19.6. The molecule has 1 amide bonds. The van der Waals surface area contributed by atoms with Gasteiger partial charge < -0.3 is 10.1 Å². The number of fused-ring (bicyclic) bond motifs is 1. The van der Waals surface area contributed by atoms with Gasteiger partial charge in [-0.25, -0.2) is 8.42 Å². The fourth-order valence-corrected chi connectivity index (χ4v) is 4.27. The second kappa shape index (κ2) is 7.60. The zero-order valence-corrected chi connectivity index (χ0v) is 16.4. The van der Waals surface area contributed by atoms with Crippen LogP contribution in [0.25, 0.3) is 0 Å². The first-order valence-electron chi connectivity index (χ1n) is 8.94. The first kappa shape index (κ1) is 19.2. The van der Waals surface area contributed by atoms with Crippen LogP contribution in [0.15, 0.2) is 59.5 Å². The van der Waals surface area contributed by atoms with Crippen LogP contribution in [0.2, 0.25) is 0 Å². The smallest absolute Gasteiger partial charge is 0.264 e. The summed E-state index contributed by atoms with van der Waals surface area (Å²) in [5.74, 6) is 0.313. The topological polar surface area (TPSA) is 75.7 Å². The van der Waals surface area contributed by atoms with E-state index in [2.05, 4.69) is 5.32 Å². The summed E-state index contributed by atoms with van der Waals surface area (Å²) in [6.45, 7) is 5.85. The summed E-state index contributed by atoms with van der Waals surface area (Å²) < 4.78 is 33.4. The Morgan fingerprint density at radius 2 is 1.70 bits per heavy atom. The highest BCUT2D eigenvalue weighted by molar-refractivity contribution is 7.92. The number of sulfonamides is 1. The minimum absolute atomic E-state index is 0.0440. The van der Waals surface area contributed by atoms with Crippen molar-refractivity contribution in [2.24, 2.45) is 5.92 Å². The lowest BCUT2D eigenvalue weighted by atomic mass is 10.1. The predicted octanol–water partition coefficient (Wildman–Crippen LogP) is 2.80. The van der Waals surface area contributed by atoms with Crippen molar-refractivity contribution in [3.05, 3.63) is 54.6 Å². The molecule has 0 saturated heterocycles. The molecule has 2 aromatic carbocycles. The van der Waals surface area contributed by atoms with Gasteiger partial charge in [-0.15, -0.1) is 0 Å². The van der Waals surface area contributed by atoms with Crippen molar-refractivity contribution in [2.45, 2.75) is 37.8 Å². The highest BCUT2D eigenvalue weighted by Gasteiger charge is 2.37. The summed E-state index contributed by atoms with van der Waals surface area (Å²) >= 11 is 0. The van der Waals surface area contributed by atoms with E-state index in [1.165, 1.54) is 4.31 Å². The number of ether oxygens (including phenoxy) is 1. The predicted molar refractivity (Wildman–Crippen MR) is 104 cm³/mol. The molecule has 3 rings (SSSR count). The highest BCUT2D eigenvalue weighted by atomic mass is 32.2. The number of nitrogens with zero attached hydrogens (tertiary/aromatic N) is 1. The molecule has 6 nitrogen and oxygen atoms in total. The van der Waals surface area contributed by atoms with Crippen LogP contribution in [0.1, 0.15) is 20.8 Å². The van der Waals surface area contributed by atoms with E-state index >= 15 is 0 Å². The number of carbonyl (C=O) groups is 1. The van der Waals surface area contributed by atoms with Crippen molar-refractivity contribution < 1.29 is 17.9 Å². The van der Waals surface area contributed by atoms with E-state index in [1.807, 2.05) is 20.8 Å². The lowest BCUT2D eigenvalue weighted by molar-refractivity contribution is -0.128. The standard InChI is InChI=1S/C20H24N2O4S/c1-14(2)15(3)21-20(23)19-13-22(17-11-7-8-12-18(17)26-19)27(24,25)16-9-5-4-6-10-16/h4-12,14-15,19H,13H2,1-3H3,(H,21,23)/t15-,19+/m0/s1. The molecule has 1 N–H and O–H groups in total. The minimum Gasteiger partial charge on any atom is -0.476 e. The van der Waals surface area contributed by atoms with Crippen molar-refractivity contribution in [1.29, 1.82) is 0 Å². The molecular formula is C20H24N2O4S. The Bertz CT molecular complexity index is 913. The Morgan fingerprint density at radius 3 is 2.37 bits per heavy atom. The molecule has 0 bridgehead atoms. The quantitative estimate of drug-likeness (QED) is 0.855. The second-order valence-electron chi connectivity index (χ2n) is 6.96. The van der Waals surface area contributed by atoms with Crippen LogP contribution < -0.4 is 14.4 Å². The Hall–Kier alpha value is -2.54. The molecule has 1 aliphatic heterocycles. The molecule has 144 valence electrons. The number of para-hydroxylation sites is 2. The Kier molecular flexibility index (Phi) is 5.41. The minimum atomic E-state index is -3.81. The highest BCUT2D eigenvalue weighted by Crippen LogP contribution is 2.36. The average molecular weight is 388 g/mol. The monoisotopic (exact) mass is 388 g/mol. The third kappa shape index (κ3) is 3.93. The number of anilines is 1. The van der Waals surface area contributed by atoms with E-state index in [1.54, 1.807) is 54.6 Å². The van der Waals surface area contributed by atoms with E-state index in [9.17, 15) is 13.2 Å². The average Bonchev–Trinajstić information content (AvgIpc) is 2.67. The summed E-state index contributed by atoms with van der Waals surface area (Å²) in [5, 5.41) is 2.91. The summed E-state index contributed by atoms with van der Waals surface area (Å²) in [4.78, 5) is 12.9. The van der Waals surface area contributed by atoms with Crippen LogP contribution in [-0.4, -0.2) is 33.0 Å². The largest absolute Gasteiger partial charge is 0.476 e. The van der Waals surface area contributed by atoms with Crippen molar-refractivity contribution in [1.82, 2.24) is 5.32 Å². The third-order valence-electron chi connectivity index (χ3n) is 4.73. The lowest BCUT2D eigenvalue weighted by Gasteiger charge is -2.35. The summed E-state index contributed by atoms with van der Waals surface area (Å²) in [5.41, 5.74) is 0.433. The van der Waals surface area contributed by atoms with Crippen molar-refractivity contribution in [3.63, 3.8) is 0 Å². The first-order chi connectivity index (χ1) is 12.8. The van der Waals surface area contributed by atoms with Crippen LogP contribution in [0.5, 0.6) is 5.75 Å². The summed E-state index contributed by atoms with van der Waals surface area (Å²) in [7, 11) is -3.81. The van der Waals surface area contributed by atoms with Gasteiger partial charge >= 0.3 is 0 Å². The van der Waals surface area contributed by atoms with Crippen molar-refractivity contribution >= 4 is 21.6 Å². The SMILES string of the molecule is CC(C)[C@H](C)NC(=O)[C@H]1CN(S(=O)(=O)c2ccccc2)c2ccccc2O1. The maximum atomic E-state index is 13.2. The second-order valence-corrected chi connectivity index (χ2v) is 8.83. The van der Waals surface area contributed by atoms with Crippen LogP contribution in [-0.2, 0) is 14.8 Å². The molecule has 0 aliphatic carbocycles. The van der Waals surface area contributed by atoms with Gasteiger partial charge in [0.05, 0.1) is 17.1 Å². The maximum absolute atomic E-state index is 13.2. The van der Waals surface area contributed by atoms with E-state index in [0.717, 1.165) is 0 Å². The molecule has 0 fully saturated rings.